The lowest BCUT2D eigenvalue weighted by atomic mass is 10.1. The molecule has 1 atom stereocenters. The van der Waals surface area contributed by atoms with Crippen LogP contribution < -0.4 is 0 Å². The number of fused-ring (bicyclic) bond motifs is 1. The van der Waals surface area contributed by atoms with E-state index in [-0.39, 0.29) is 17.4 Å². The molecule has 0 bridgehead atoms. The predicted octanol–water partition coefficient (Wildman–Crippen LogP) is 1.98. The third kappa shape index (κ3) is 2.92. The maximum absolute atomic E-state index is 11.7. The molecule has 1 aromatic carbocycles. The largest absolute Gasteiger partial charge is 0.309 e. The van der Waals surface area contributed by atoms with E-state index in [1.54, 1.807) is 11.8 Å². The number of benzene rings is 1. The first-order valence-electron chi connectivity index (χ1n) is 7.85. The van der Waals surface area contributed by atoms with Crippen LogP contribution in [-0.2, 0) is 29.7 Å². The van der Waals surface area contributed by atoms with Gasteiger partial charge in [0.15, 0.2) is 15.0 Å². The van der Waals surface area contributed by atoms with Crippen molar-refractivity contribution in [1.29, 1.82) is 0 Å². The summed E-state index contributed by atoms with van der Waals surface area (Å²) in [6.45, 7) is 0. The maximum atomic E-state index is 11.7. The Bertz CT molecular complexity index is 820. The molecule has 1 aromatic heterocycles. The second-order valence-corrected chi connectivity index (χ2v) is 9.91. The normalized spacial score (nSPS) is 23.3. The van der Waals surface area contributed by atoms with E-state index in [9.17, 15) is 8.42 Å². The van der Waals surface area contributed by atoms with E-state index >= 15 is 0 Å². The summed E-state index contributed by atoms with van der Waals surface area (Å²) in [5, 5.41) is 9.97. The molecule has 1 aliphatic carbocycles. The summed E-state index contributed by atoms with van der Waals surface area (Å²) in [6.07, 6.45) is 2.77. The molecule has 7 heteroatoms. The van der Waals surface area contributed by atoms with Gasteiger partial charge in [0.1, 0.15) is 5.82 Å². The van der Waals surface area contributed by atoms with Gasteiger partial charge in [-0.15, -0.1) is 10.2 Å². The molecule has 1 unspecified atom stereocenters. The number of hydrogen-bond acceptors (Lipinski definition) is 5. The van der Waals surface area contributed by atoms with Crippen LogP contribution in [0.5, 0.6) is 0 Å². The highest BCUT2D eigenvalue weighted by molar-refractivity contribution is 7.99. The number of rotatable bonds is 3. The van der Waals surface area contributed by atoms with Crippen molar-refractivity contribution in [3.05, 3.63) is 41.2 Å². The van der Waals surface area contributed by atoms with Gasteiger partial charge in [-0.3, -0.25) is 0 Å². The fourth-order valence-electron chi connectivity index (χ4n) is 3.53. The van der Waals surface area contributed by atoms with Crippen molar-refractivity contribution in [2.45, 2.75) is 35.6 Å². The van der Waals surface area contributed by atoms with E-state index in [4.69, 9.17) is 0 Å². The van der Waals surface area contributed by atoms with E-state index in [0.717, 1.165) is 23.8 Å². The lowest BCUT2D eigenvalue weighted by Gasteiger charge is -2.10. The molecule has 0 amide bonds. The zero-order valence-electron chi connectivity index (χ0n) is 13.0. The third-order valence-corrected chi connectivity index (χ3v) is 7.75. The second-order valence-electron chi connectivity index (χ2n) is 6.42. The van der Waals surface area contributed by atoms with Crippen molar-refractivity contribution < 1.29 is 8.42 Å². The lowest BCUT2D eigenvalue weighted by molar-refractivity contribution is 0.599. The highest BCUT2D eigenvalue weighted by atomic mass is 32.2. The molecule has 0 N–H and O–H groups in total. The van der Waals surface area contributed by atoms with Gasteiger partial charge in [-0.05, 0) is 30.4 Å². The molecule has 2 heterocycles. The van der Waals surface area contributed by atoms with Gasteiger partial charge in [0, 0.05) is 18.2 Å². The van der Waals surface area contributed by atoms with Crippen molar-refractivity contribution in [2.24, 2.45) is 7.05 Å². The molecule has 0 radical (unpaired) electrons. The monoisotopic (exact) mass is 349 g/mol. The molecule has 4 rings (SSSR count). The highest BCUT2D eigenvalue weighted by Gasteiger charge is 2.33. The molecular formula is C16H19N3O2S2. The molecule has 1 aliphatic heterocycles. The van der Waals surface area contributed by atoms with Gasteiger partial charge in [-0.1, -0.05) is 36.0 Å². The standard InChI is InChI=1S/C16H19N3O2S2/c1-19-15(13-6-7-23(20,21)10-13)17-18-16(19)22-14-8-11-4-2-3-5-12(11)9-14/h2-5,13-14H,6-10H2,1H3. The average molecular weight is 349 g/mol. The number of sulfone groups is 1. The Kier molecular flexibility index (Phi) is 3.72. The van der Waals surface area contributed by atoms with Gasteiger partial charge >= 0.3 is 0 Å². The minimum Gasteiger partial charge on any atom is -0.309 e. The topological polar surface area (TPSA) is 64.8 Å². The molecule has 2 aliphatic rings. The summed E-state index contributed by atoms with van der Waals surface area (Å²) in [5.41, 5.74) is 2.85. The molecular weight excluding hydrogens is 330 g/mol. The Hall–Kier alpha value is -1.34. The quantitative estimate of drug-likeness (QED) is 0.848. The van der Waals surface area contributed by atoms with Crippen molar-refractivity contribution >= 4 is 21.6 Å². The molecule has 5 nitrogen and oxygen atoms in total. The molecule has 0 saturated carbocycles. The maximum Gasteiger partial charge on any atom is 0.191 e. The van der Waals surface area contributed by atoms with Crippen molar-refractivity contribution in [2.75, 3.05) is 11.5 Å². The van der Waals surface area contributed by atoms with Crippen molar-refractivity contribution in [3.8, 4) is 0 Å². The second kappa shape index (κ2) is 5.63. The van der Waals surface area contributed by atoms with Crippen molar-refractivity contribution in [3.63, 3.8) is 0 Å². The first-order chi connectivity index (χ1) is 11.0. The van der Waals surface area contributed by atoms with E-state index in [1.807, 2.05) is 11.6 Å². The zero-order valence-corrected chi connectivity index (χ0v) is 14.6. The summed E-state index contributed by atoms with van der Waals surface area (Å²) in [6, 6.07) is 8.57. The number of aromatic nitrogens is 3. The van der Waals surface area contributed by atoms with E-state index in [1.165, 1.54) is 11.1 Å². The smallest absolute Gasteiger partial charge is 0.191 e. The Balaban J connectivity index is 1.49. The van der Waals surface area contributed by atoms with E-state index in [2.05, 4.69) is 34.5 Å². The summed E-state index contributed by atoms with van der Waals surface area (Å²) >= 11 is 1.75. The molecule has 2 aromatic rings. The van der Waals surface area contributed by atoms with Gasteiger partial charge < -0.3 is 4.57 Å². The van der Waals surface area contributed by atoms with Crippen LogP contribution in [0.25, 0.3) is 0 Å². The van der Waals surface area contributed by atoms with Crippen molar-refractivity contribution in [1.82, 2.24) is 14.8 Å². The van der Waals surface area contributed by atoms with Crippen LogP contribution in [-0.4, -0.2) is 39.9 Å². The first kappa shape index (κ1) is 15.2. The molecule has 1 saturated heterocycles. The summed E-state index contributed by atoms with van der Waals surface area (Å²) < 4.78 is 25.3. The highest BCUT2D eigenvalue weighted by Crippen LogP contribution is 2.35. The summed E-state index contributed by atoms with van der Waals surface area (Å²) in [4.78, 5) is 0. The van der Waals surface area contributed by atoms with Gasteiger partial charge in [0.25, 0.3) is 0 Å². The van der Waals surface area contributed by atoms with Gasteiger partial charge in [-0.25, -0.2) is 8.42 Å². The fourth-order valence-corrected chi connectivity index (χ4v) is 6.44. The van der Waals surface area contributed by atoms with Crippen LogP contribution in [0.4, 0.5) is 0 Å². The van der Waals surface area contributed by atoms with Gasteiger partial charge in [0.05, 0.1) is 11.5 Å². The summed E-state index contributed by atoms with van der Waals surface area (Å²) in [5.74, 6) is 1.28. The molecule has 0 spiro atoms. The Morgan fingerprint density at radius 1 is 1.17 bits per heavy atom. The average Bonchev–Trinajstić information content (AvgIpc) is 3.17. The lowest BCUT2D eigenvalue weighted by Crippen LogP contribution is -2.10. The SMILES string of the molecule is Cn1c(SC2Cc3ccccc3C2)nnc1C1CCS(=O)(=O)C1. The first-order valence-corrected chi connectivity index (χ1v) is 10.5. The number of hydrogen-bond donors (Lipinski definition) is 0. The van der Waals surface area contributed by atoms with E-state index in [0.29, 0.717) is 11.7 Å². The van der Waals surface area contributed by atoms with Gasteiger partial charge in [0.2, 0.25) is 0 Å². The molecule has 23 heavy (non-hydrogen) atoms. The third-order valence-electron chi connectivity index (χ3n) is 4.75. The fraction of sp³-hybridized carbons (Fsp3) is 0.500. The summed E-state index contributed by atoms with van der Waals surface area (Å²) in [7, 11) is -0.949. The molecule has 122 valence electrons. The van der Waals surface area contributed by atoms with Crippen LogP contribution in [0.3, 0.4) is 0 Å². The zero-order chi connectivity index (χ0) is 16.0. The minimum atomic E-state index is -2.90. The van der Waals surface area contributed by atoms with E-state index < -0.39 is 9.84 Å². The van der Waals surface area contributed by atoms with Crippen LogP contribution in [0.15, 0.2) is 29.4 Å². The Morgan fingerprint density at radius 2 is 1.87 bits per heavy atom. The Morgan fingerprint density at radius 3 is 2.48 bits per heavy atom. The van der Waals surface area contributed by atoms with Crippen LogP contribution in [0.1, 0.15) is 29.3 Å². The van der Waals surface area contributed by atoms with Gasteiger partial charge in [-0.2, -0.15) is 0 Å². The Labute approximate surface area is 140 Å². The predicted molar refractivity (Wildman–Crippen MR) is 90.5 cm³/mol. The number of thioether (sulfide) groups is 1. The van der Waals surface area contributed by atoms with Crippen LogP contribution >= 0.6 is 11.8 Å². The van der Waals surface area contributed by atoms with Crippen LogP contribution in [0, 0.1) is 0 Å². The number of nitrogens with zero attached hydrogens (tertiary/aromatic N) is 3. The minimum absolute atomic E-state index is 0.00683. The van der Waals surface area contributed by atoms with Crippen LogP contribution in [0.2, 0.25) is 0 Å². The molecule has 1 fully saturated rings.